The summed E-state index contributed by atoms with van der Waals surface area (Å²) in [6, 6.07) is -0.706. The van der Waals surface area contributed by atoms with Crippen molar-refractivity contribution in [2.45, 2.75) is 277 Å². The Balaban J connectivity index is 4.59. The van der Waals surface area contributed by atoms with Gasteiger partial charge in [-0.25, -0.2) is 0 Å². The number of aliphatic hydroxyl groups excluding tert-OH is 2. The molecule has 0 fully saturated rings. The first-order valence-corrected chi connectivity index (χ1v) is 24.6. The quantitative estimate of drug-likeness (QED) is 0.0324. The van der Waals surface area contributed by atoms with Crippen molar-refractivity contribution >= 4 is 11.9 Å². The van der Waals surface area contributed by atoms with Gasteiger partial charge in [-0.15, -0.1) is 0 Å². The minimum Gasteiger partial charge on any atom is -0.462 e. The van der Waals surface area contributed by atoms with Crippen LogP contribution < -0.4 is 5.32 Å². The molecule has 6 nitrogen and oxygen atoms in total. The first-order valence-electron chi connectivity index (χ1n) is 24.6. The standard InChI is InChI=1S/C50H95NO5/c1-4-7-10-13-16-19-22-25-27-30-33-36-39-42-48(53)47(45-52)51-49(54)44-46(41-38-35-32-29-26-23-20-17-14-11-8-5-2)56-50(55)43-40-37-34-31-28-24-21-18-15-12-9-6-3/h18,21,29,32,46-48,52-53H,4-17,19-20,22-28,30-31,33-45H2,1-3H3,(H,51,54)/b21-18-,32-29-. The molecule has 0 aromatic heterocycles. The third kappa shape index (κ3) is 39.2. The molecule has 0 saturated carbocycles. The van der Waals surface area contributed by atoms with Crippen LogP contribution in [0.4, 0.5) is 0 Å². The highest BCUT2D eigenvalue weighted by molar-refractivity contribution is 5.77. The van der Waals surface area contributed by atoms with Crippen LogP contribution in [0.3, 0.4) is 0 Å². The number of carbonyl (C=O) groups is 2. The van der Waals surface area contributed by atoms with Crippen LogP contribution in [0.15, 0.2) is 24.3 Å². The van der Waals surface area contributed by atoms with Gasteiger partial charge >= 0.3 is 5.97 Å². The van der Waals surface area contributed by atoms with Crippen LogP contribution in [-0.2, 0) is 14.3 Å². The molecule has 0 spiro atoms. The fraction of sp³-hybridized carbons (Fsp3) is 0.880. The van der Waals surface area contributed by atoms with Gasteiger partial charge in [0.15, 0.2) is 0 Å². The van der Waals surface area contributed by atoms with Gasteiger partial charge in [-0.3, -0.25) is 9.59 Å². The van der Waals surface area contributed by atoms with Gasteiger partial charge in [0.05, 0.1) is 25.2 Å². The topological polar surface area (TPSA) is 95.9 Å². The molecule has 0 rings (SSSR count). The lowest BCUT2D eigenvalue weighted by atomic mass is 10.0. The number of allylic oxidation sites excluding steroid dienone is 4. The molecular formula is C50H95NO5. The van der Waals surface area contributed by atoms with Crippen molar-refractivity contribution in [1.29, 1.82) is 0 Å². The highest BCUT2D eigenvalue weighted by atomic mass is 16.5. The van der Waals surface area contributed by atoms with E-state index in [-0.39, 0.29) is 24.9 Å². The van der Waals surface area contributed by atoms with E-state index in [0.717, 1.165) is 64.2 Å². The summed E-state index contributed by atoms with van der Waals surface area (Å²) in [5.74, 6) is -0.506. The van der Waals surface area contributed by atoms with Gasteiger partial charge in [0, 0.05) is 6.42 Å². The molecule has 0 aliphatic heterocycles. The van der Waals surface area contributed by atoms with Crippen LogP contribution in [-0.4, -0.2) is 46.9 Å². The Hall–Kier alpha value is -1.66. The highest BCUT2D eigenvalue weighted by Gasteiger charge is 2.24. The predicted molar refractivity (Wildman–Crippen MR) is 241 cm³/mol. The zero-order valence-electron chi connectivity index (χ0n) is 37.5. The molecule has 0 aliphatic carbocycles. The van der Waals surface area contributed by atoms with E-state index in [0.29, 0.717) is 19.3 Å². The Bertz CT molecular complexity index is 889. The van der Waals surface area contributed by atoms with Crippen LogP contribution in [0.25, 0.3) is 0 Å². The first-order chi connectivity index (χ1) is 27.5. The van der Waals surface area contributed by atoms with Gasteiger partial charge in [-0.2, -0.15) is 0 Å². The maximum Gasteiger partial charge on any atom is 0.306 e. The molecule has 56 heavy (non-hydrogen) atoms. The van der Waals surface area contributed by atoms with Gasteiger partial charge in [-0.1, -0.05) is 199 Å². The molecule has 3 N–H and O–H groups in total. The van der Waals surface area contributed by atoms with Crippen molar-refractivity contribution in [2.75, 3.05) is 6.61 Å². The Morgan fingerprint density at radius 3 is 1.34 bits per heavy atom. The zero-order valence-corrected chi connectivity index (χ0v) is 37.5. The number of hydrogen-bond acceptors (Lipinski definition) is 5. The highest BCUT2D eigenvalue weighted by Crippen LogP contribution is 2.17. The molecule has 0 bridgehead atoms. The predicted octanol–water partition coefficient (Wildman–Crippen LogP) is 14.3. The van der Waals surface area contributed by atoms with Gasteiger partial charge in [0.1, 0.15) is 6.10 Å². The van der Waals surface area contributed by atoms with Crippen molar-refractivity contribution in [3.8, 4) is 0 Å². The van der Waals surface area contributed by atoms with Crippen LogP contribution in [0.1, 0.15) is 258 Å². The van der Waals surface area contributed by atoms with E-state index in [1.54, 1.807) is 0 Å². The third-order valence-corrected chi connectivity index (χ3v) is 11.3. The van der Waals surface area contributed by atoms with Gasteiger partial charge < -0.3 is 20.3 Å². The number of esters is 1. The number of amides is 1. The zero-order chi connectivity index (χ0) is 41.0. The summed E-state index contributed by atoms with van der Waals surface area (Å²) in [5.41, 5.74) is 0. The second-order valence-electron chi connectivity index (χ2n) is 16.9. The van der Waals surface area contributed by atoms with Gasteiger partial charge in [-0.05, 0) is 70.6 Å². The molecule has 1 amide bonds. The fourth-order valence-corrected chi connectivity index (χ4v) is 7.48. The second-order valence-corrected chi connectivity index (χ2v) is 16.9. The monoisotopic (exact) mass is 790 g/mol. The lowest BCUT2D eigenvalue weighted by Gasteiger charge is -2.24. The average Bonchev–Trinajstić information content (AvgIpc) is 3.19. The number of hydrogen-bond donors (Lipinski definition) is 3. The molecule has 330 valence electrons. The van der Waals surface area contributed by atoms with Crippen molar-refractivity contribution in [1.82, 2.24) is 5.32 Å². The van der Waals surface area contributed by atoms with E-state index < -0.39 is 18.2 Å². The van der Waals surface area contributed by atoms with Gasteiger partial charge in [0.2, 0.25) is 5.91 Å². The minimum absolute atomic E-state index is 0.0570. The summed E-state index contributed by atoms with van der Waals surface area (Å²) < 4.78 is 5.89. The van der Waals surface area contributed by atoms with E-state index in [4.69, 9.17) is 4.74 Å². The summed E-state index contributed by atoms with van der Waals surface area (Å²) in [6.07, 6.45) is 49.5. The van der Waals surface area contributed by atoms with Crippen molar-refractivity contribution in [3.05, 3.63) is 24.3 Å². The summed E-state index contributed by atoms with van der Waals surface area (Å²) in [5, 5.41) is 23.7. The summed E-state index contributed by atoms with van der Waals surface area (Å²) in [7, 11) is 0. The molecule has 0 saturated heterocycles. The maximum atomic E-state index is 13.1. The van der Waals surface area contributed by atoms with E-state index >= 15 is 0 Å². The molecule has 3 atom stereocenters. The van der Waals surface area contributed by atoms with Crippen LogP contribution in [0.2, 0.25) is 0 Å². The number of nitrogens with one attached hydrogen (secondary N) is 1. The Morgan fingerprint density at radius 1 is 0.500 bits per heavy atom. The molecular weight excluding hydrogens is 695 g/mol. The minimum atomic E-state index is -0.791. The lowest BCUT2D eigenvalue weighted by Crippen LogP contribution is -2.46. The number of unbranched alkanes of at least 4 members (excludes halogenated alkanes) is 28. The van der Waals surface area contributed by atoms with Crippen LogP contribution >= 0.6 is 0 Å². The normalized spacial score (nSPS) is 13.4. The molecule has 0 aliphatic rings. The van der Waals surface area contributed by atoms with E-state index in [2.05, 4.69) is 50.4 Å². The molecule has 0 heterocycles. The summed E-state index contributed by atoms with van der Waals surface area (Å²) in [4.78, 5) is 26.0. The molecule has 0 aromatic carbocycles. The number of ether oxygens (including phenoxy) is 1. The Kier molecular flexibility index (Phi) is 43.1. The summed E-state index contributed by atoms with van der Waals surface area (Å²) >= 11 is 0. The largest absolute Gasteiger partial charge is 0.462 e. The van der Waals surface area contributed by atoms with Crippen LogP contribution in [0, 0.1) is 0 Å². The number of aliphatic hydroxyl groups is 2. The van der Waals surface area contributed by atoms with Crippen molar-refractivity contribution < 1.29 is 24.5 Å². The first kappa shape index (κ1) is 54.3. The average molecular weight is 790 g/mol. The Labute approximate surface area is 348 Å². The van der Waals surface area contributed by atoms with E-state index in [9.17, 15) is 19.8 Å². The molecule has 6 heteroatoms. The lowest BCUT2D eigenvalue weighted by molar-refractivity contribution is -0.151. The summed E-state index contributed by atoms with van der Waals surface area (Å²) in [6.45, 7) is 6.45. The van der Waals surface area contributed by atoms with Gasteiger partial charge in [0.25, 0.3) is 0 Å². The van der Waals surface area contributed by atoms with E-state index in [1.807, 2.05) is 0 Å². The molecule has 0 aromatic rings. The SMILES string of the molecule is CCCCC/C=C\CCCCCCCC(=O)OC(CCC/C=C\CCCCCCCCC)CC(=O)NC(CO)C(O)CCCCCCCCCCCCCCC. The number of rotatable bonds is 44. The molecule has 3 unspecified atom stereocenters. The van der Waals surface area contributed by atoms with Crippen molar-refractivity contribution in [3.63, 3.8) is 0 Å². The second kappa shape index (κ2) is 44.4. The Morgan fingerprint density at radius 2 is 0.875 bits per heavy atom. The molecule has 0 radical (unpaired) electrons. The fourth-order valence-electron chi connectivity index (χ4n) is 7.48. The maximum absolute atomic E-state index is 13.1. The van der Waals surface area contributed by atoms with Crippen molar-refractivity contribution in [2.24, 2.45) is 0 Å². The number of carbonyl (C=O) groups excluding carboxylic acids is 2. The smallest absolute Gasteiger partial charge is 0.306 e. The third-order valence-electron chi connectivity index (χ3n) is 11.3. The van der Waals surface area contributed by atoms with Crippen LogP contribution in [0.5, 0.6) is 0 Å². The van der Waals surface area contributed by atoms with E-state index in [1.165, 1.54) is 148 Å².